The third-order valence-electron chi connectivity index (χ3n) is 5.10. The molecule has 0 atom stereocenters. The van der Waals surface area contributed by atoms with Crippen LogP contribution in [0, 0.1) is 5.82 Å². The zero-order valence-electron chi connectivity index (χ0n) is 17.8. The lowest BCUT2D eigenvalue weighted by Crippen LogP contribution is -2.28. The van der Waals surface area contributed by atoms with Crippen molar-refractivity contribution in [1.82, 2.24) is 20.1 Å². The Kier molecular flexibility index (Phi) is 6.61. The number of aromatic amines is 1. The molecule has 0 unspecified atom stereocenters. The topological polar surface area (TPSA) is 71.1 Å². The van der Waals surface area contributed by atoms with E-state index < -0.39 is 0 Å². The lowest BCUT2D eigenvalue weighted by Gasteiger charge is -2.15. The molecule has 2 aromatic carbocycles. The van der Waals surface area contributed by atoms with E-state index in [0.717, 1.165) is 40.4 Å². The van der Waals surface area contributed by atoms with E-state index in [1.54, 1.807) is 30.5 Å². The van der Waals surface area contributed by atoms with Gasteiger partial charge >= 0.3 is 0 Å². The SMILES string of the molecule is COc1ccccc1-c1nc(C(=O)N(C)CCCc2cc(-c3cccc(F)c3)n[nH]2)cs1. The first kappa shape index (κ1) is 21.7. The number of amides is 1. The summed E-state index contributed by atoms with van der Waals surface area (Å²) >= 11 is 1.42. The number of aryl methyl sites for hydroxylation is 1. The van der Waals surface area contributed by atoms with Crippen LogP contribution in [0.2, 0.25) is 0 Å². The van der Waals surface area contributed by atoms with Crippen LogP contribution in [0.1, 0.15) is 22.6 Å². The minimum absolute atomic E-state index is 0.118. The second-order valence-corrected chi connectivity index (χ2v) is 8.22. The average Bonchev–Trinajstić information content (AvgIpc) is 3.49. The Balaban J connectivity index is 1.34. The number of halogens is 1. The highest BCUT2D eigenvalue weighted by Gasteiger charge is 2.17. The molecule has 0 fully saturated rings. The predicted octanol–water partition coefficient (Wildman–Crippen LogP) is 5.05. The lowest BCUT2D eigenvalue weighted by molar-refractivity contribution is 0.0788. The van der Waals surface area contributed by atoms with E-state index in [2.05, 4.69) is 15.2 Å². The van der Waals surface area contributed by atoms with Crippen LogP contribution in [-0.4, -0.2) is 46.7 Å². The monoisotopic (exact) mass is 450 g/mol. The Morgan fingerprint density at radius 1 is 1.19 bits per heavy atom. The molecule has 0 radical (unpaired) electrons. The Hall–Kier alpha value is -3.52. The number of benzene rings is 2. The van der Waals surface area contributed by atoms with Gasteiger partial charge in [0.15, 0.2) is 0 Å². The van der Waals surface area contributed by atoms with Crippen LogP contribution < -0.4 is 4.74 Å². The molecular formula is C24H23FN4O2S. The minimum Gasteiger partial charge on any atom is -0.496 e. The summed E-state index contributed by atoms with van der Waals surface area (Å²) in [6.07, 6.45) is 1.49. The third-order valence-corrected chi connectivity index (χ3v) is 5.97. The summed E-state index contributed by atoms with van der Waals surface area (Å²) in [7, 11) is 3.39. The number of aromatic nitrogens is 3. The van der Waals surface area contributed by atoms with Crippen molar-refractivity contribution in [3.8, 4) is 27.6 Å². The van der Waals surface area contributed by atoms with Crippen LogP contribution in [0.25, 0.3) is 21.8 Å². The Morgan fingerprint density at radius 3 is 2.84 bits per heavy atom. The summed E-state index contributed by atoms with van der Waals surface area (Å²) < 4.78 is 18.8. The first-order chi connectivity index (χ1) is 15.5. The van der Waals surface area contributed by atoms with Gasteiger partial charge in [0.1, 0.15) is 22.3 Å². The fraction of sp³-hybridized carbons (Fsp3) is 0.208. The number of hydrogen-bond acceptors (Lipinski definition) is 5. The summed E-state index contributed by atoms with van der Waals surface area (Å²) in [5.74, 6) is 0.321. The molecule has 0 aliphatic carbocycles. The highest BCUT2D eigenvalue weighted by molar-refractivity contribution is 7.13. The number of carbonyl (C=O) groups excluding carboxylic acids is 1. The smallest absolute Gasteiger partial charge is 0.273 e. The molecule has 8 heteroatoms. The molecule has 164 valence electrons. The van der Waals surface area contributed by atoms with Crippen molar-refractivity contribution in [3.63, 3.8) is 0 Å². The van der Waals surface area contributed by atoms with E-state index in [1.165, 1.54) is 23.5 Å². The molecule has 1 N–H and O–H groups in total. The third kappa shape index (κ3) is 4.86. The van der Waals surface area contributed by atoms with Gasteiger partial charge in [0.05, 0.1) is 18.4 Å². The van der Waals surface area contributed by atoms with Gasteiger partial charge in [0.25, 0.3) is 5.91 Å². The molecule has 0 spiro atoms. The van der Waals surface area contributed by atoms with Gasteiger partial charge in [-0.05, 0) is 43.2 Å². The molecule has 0 saturated heterocycles. The number of nitrogens with one attached hydrogen (secondary N) is 1. The van der Waals surface area contributed by atoms with Crippen LogP contribution in [0.4, 0.5) is 4.39 Å². The zero-order valence-corrected chi connectivity index (χ0v) is 18.7. The van der Waals surface area contributed by atoms with E-state index in [1.807, 2.05) is 36.4 Å². The molecule has 0 aliphatic heterocycles. The number of H-pyrrole nitrogens is 1. The highest BCUT2D eigenvalue weighted by atomic mass is 32.1. The van der Waals surface area contributed by atoms with Gasteiger partial charge in [-0.2, -0.15) is 5.10 Å². The maximum Gasteiger partial charge on any atom is 0.273 e. The fourth-order valence-corrected chi connectivity index (χ4v) is 4.23. The number of para-hydroxylation sites is 1. The van der Waals surface area contributed by atoms with Gasteiger partial charge < -0.3 is 9.64 Å². The van der Waals surface area contributed by atoms with Crippen LogP contribution in [0.3, 0.4) is 0 Å². The average molecular weight is 451 g/mol. The molecule has 0 bridgehead atoms. The number of rotatable bonds is 8. The first-order valence-electron chi connectivity index (χ1n) is 10.2. The largest absolute Gasteiger partial charge is 0.496 e. The van der Waals surface area contributed by atoms with Crippen molar-refractivity contribution in [1.29, 1.82) is 0 Å². The summed E-state index contributed by atoms with van der Waals surface area (Å²) in [5, 5.41) is 9.78. The van der Waals surface area contributed by atoms with E-state index >= 15 is 0 Å². The van der Waals surface area contributed by atoms with Crippen molar-refractivity contribution >= 4 is 17.2 Å². The van der Waals surface area contributed by atoms with Gasteiger partial charge in [-0.3, -0.25) is 9.89 Å². The van der Waals surface area contributed by atoms with Gasteiger partial charge in [-0.1, -0.05) is 24.3 Å². The molecular weight excluding hydrogens is 427 g/mol. The molecule has 0 saturated carbocycles. The number of carbonyl (C=O) groups is 1. The zero-order chi connectivity index (χ0) is 22.5. The van der Waals surface area contributed by atoms with Crippen molar-refractivity contribution in [2.24, 2.45) is 0 Å². The normalized spacial score (nSPS) is 10.8. The van der Waals surface area contributed by atoms with Crippen molar-refractivity contribution in [2.45, 2.75) is 12.8 Å². The Bertz CT molecular complexity index is 1220. The molecule has 1 amide bonds. The molecule has 32 heavy (non-hydrogen) atoms. The van der Waals surface area contributed by atoms with Crippen LogP contribution in [-0.2, 0) is 6.42 Å². The first-order valence-corrected chi connectivity index (χ1v) is 11.1. The van der Waals surface area contributed by atoms with E-state index in [4.69, 9.17) is 4.74 Å². The maximum atomic E-state index is 13.4. The molecule has 2 aromatic heterocycles. The van der Waals surface area contributed by atoms with Gasteiger partial charge in [-0.15, -0.1) is 11.3 Å². The second kappa shape index (κ2) is 9.74. The number of nitrogens with zero attached hydrogens (tertiary/aromatic N) is 3. The summed E-state index contributed by atoms with van der Waals surface area (Å²) in [4.78, 5) is 19.0. The summed E-state index contributed by atoms with van der Waals surface area (Å²) in [6, 6.07) is 15.9. The molecule has 4 aromatic rings. The van der Waals surface area contributed by atoms with Crippen molar-refractivity contribution in [2.75, 3.05) is 20.7 Å². The Morgan fingerprint density at radius 2 is 2.03 bits per heavy atom. The summed E-state index contributed by atoms with van der Waals surface area (Å²) in [5.41, 5.74) is 3.67. The standard InChI is InChI=1S/C24H23FN4O2S/c1-29(12-6-9-18-14-20(28-27-18)16-7-5-8-17(25)13-16)24(30)21-15-32-23(26-21)19-10-3-4-11-22(19)31-2/h3-5,7-8,10-11,13-15H,6,9,12H2,1-2H3,(H,27,28). The van der Waals surface area contributed by atoms with Crippen LogP contribution >= 0.6 is 11.3 Å². The van der Waals surface area contributed by atoms with Gasteiger partial charge in [0, 0.05) is 30.2 Å². The molecule has 6 nitrogen and oxygen atoms in total. The second-order valence-electron chi connectivity index (χ2n) is 7.36. The van der Waals surface area contributed by atoms with Crippen molar-refractivity contribution < 1.29 is 13.9 Å². The quantitative estimate of drug-likeness (QED) is 0.408. The van der Waals surface area contributed by atoms with E-state index in [9.17, 15) is 9.18 Å². The number of hydrogen-bond donors (Lipinski definition) is 1. The lowest BCUT2D eigenvalue weighted by atomic mass is 10.1. The predicted molar refractivity (Wildman–Crippen MR) is 123 cm³/mol. The van der Waals surface area contributed by atoms with Gasteiger partial charge in [0.2, 0.25) is 0 Å². The molecule has 2 heterocycles. The molecule has 4 rings (SSSR count). The minimum atomic E-state index is -0.289. The van der Waals surface area contributed by atoms with Gasteiger partial charge in [-0.25, -0.2) is 9.37 Å². The van der Waals surface area contributed by atoms with Crippen LogP contribution in [0.5, 0.6) is 5.75 Å². The van der Waals surface area contributed by atoms with E-state index in [0.29, 0.717) is 17.9 Å². The number of ether oxygens (including phenoxy) is 1. The van der Waals surface area contributed by atoms with Crippen LogP contribution in [0.15, 0.2) is 60.0 Å². The highest BCUT2D eigenvalue weighted by Crippen LogP contribution is 2.32. The Labute approximate surface area is 189 Å². The molecule has 0 aliphatic rings. The fourth-order valence-electron chi connectivity index (χ4n) is 3.41. The van der Waals surface area contributed by atoms with E-state index in [-0.39, 0.29) is 11.7 Å². The van der Waals surface area contributed by atoms with Crippen molar-refractivity contribution in [3.05, 3.63) is 77.2 Å². The number of methoxy groups -OCH3 is 1. The number of thiazole rings is 1. The summed E-state index contributed by atoms with van der Waals surface area (Å²) in [6.45, 7) is 0.578. The maximum absolute atomic E-state index is 13.4.